The molecule has 3 rings (SSSR count). The van der Waals surface area contributed by atoms with Gasteiger partial charge in [0, 0.05) is 16.8 Å². The summed E-state index contributed by atoms with van der Waals surface area (Å²) in [7, 11) is 0. The summed E-state index contributed by atoms with van der Waals surface area (Å²) in [5, 5.41) is 1.76. The van der Waals surface area contributed by atoms with Crippen LogP contribution >= 0.6 is 11.8 Å². The molecule has 1 N–H and O–H groups in total. The van der Waals surface area contributed by atoms with E-state index in [1.807, 2.05) is 60.8 Å². The molecule has 4 heteroatoms. The van der Waals surface area contributed by atoms with Gasteiger partial charge in [0.1, 0.15) is 0 Å². The van der Waals surface area contributed by atoms with Gasteiger partial charge in [-0.1, -0.05) is 42.5 Å². The van der Waals surface area contributed by atoms with Crippen molar-refractivity contribution in [2.24, 2.45) is 5.92 Å². The number of carbonyl (C=O) groups excluding carboxylic acids is 1. The number of hydrogen-bond donors (Lipinski definition) is 1. The first-order valence-electron chi connectivity index (χ1n) is 6.84. The smallest absolute Gasteiger partial charge is 0.246 e. The van der Waals surface area contributed by atoms with Gasteiger partial charge in [0.05, 0.1) is 11.6 Å². The number of benzene rings is 2. The van der Waals surface area contributed by atoms with E-state index in [2.05, 4.69) is 17.6 Å². The van der Waals surface area contributed by atoms with Crippen molar-refractivity contribution in [1.29, 1.82) is 0 Å². The van der Waals surface area contributed by atoms with Gasteiger partial charge in [0.2, 0.25) is 5.91 Å². The van der Waals surface area contributed by atoms with Crippen LogP contribution in [0.25, 0.3) is 0 Å². The Morgan fingerprint density at radius 2 is 1.67 bits per heavy atom. The molecule has 0 bridgehead atoms. The minimum absolute atomic E-state index is 0.0322. The fraction of sp³-hybridized carbons (Fsp3) is 0.118. The number of rotatable bonds is 4. The molecule has 1 atom stereocenters. The maximum Gasteiger partial charge on any atom is 0.246 e. The topological polar surface area (TPSA) is 32.3 Å². The van der Waals surface area contributed by atoms with Gasteiger partial charge in [0.25, 0.3) is 0 Å². The number of para-hydroxylation sites is 1. The van der Waals surface area contributed by atoms with Crippen molar-refractivity contribution in [2.75, 3.05) is 10.8 Å². The van der Waals surface area contributed by atoms with Crippen LogP contribution < -0.4 is 10.4 Å². The van der Waals surface area contributed by atoms with E-state index >= 15 is 0 Å². The highest BCUT2D eigenvalue weighted by Gasteiger charge is 2.22. The average molecular weight is 296 g/mol. The molecule has 1 unspecified atom stereocenters. The van der Waals surface area contributed by atoms with Gasteiger partial charge >= 0.3 is 0 Å². The molecule has 3 nitrogen and oxygen atoms in total. The SMILES string of the molecule is O=C1NN(c2ccccc2)C=CC1CSc1ccccc1. The maximum absolute atomic E-state index is 12.2. The monoisotopic (exact) mass is 296 g/mol. The van der Waals surface area contributed by atoms with E-state index in [9.17, 15) is 4.79 Å². The minimum Gasteiger partial charge on any atom is -0.273 e. The molecule has 0 saturated heterocycles. The number of nitrogens with one attached hydrogen (secondary N) is 1. The van der Waals surface area contributed by atoms with Gasteiger partial charge in [-0.25, -0.2) is 0 Å². The second-order valence-corrected chi connectivity index (χ2v) is 5.85. The molecule has 2 aromatic carbocycles. The molecule has 1 amide bonds. The van der Waals surface area contributed by atoms with Crippen LogP contribution in [-0.4, -0.2) is 11.7 Å². The highest BCUT2D eigenvalue weighted by Crippen LogP contribution is 2.23. The van der Waals surface area contributed by atoms with Gasteiger partial charge in [-0.2, -0.15) is 0 Å². The molecule has 0 radical (unpaired) electrons. The zero-order chi connectivity index (χ0) is 14.5. The highest BCUT2D eigenvalue weighted by atomic mass is 32.2. The van der Waals surface area contributed by atoms with Gasteiger partial charge in [0.15, 0.2) is 0 Å². The second-order valence-electron chi connectivity index (χ2n) is 4.75. The molecule has 1 aliphatic rings. The van der Waals surface area contributed by atoms with Gasteiger partial charge < -0.3 is 0 Å². The van der Waals surface area contributed by atoms with E-state index in [1.54, 1.807) is 16.8 Å². The highest BCUT2D eigenvalue weighted by molar-refractivity contribution is 7.99. The standard InChI is InChI=1S/C17H16N2OS/c20-17-14(13-21-16-9-5-2-6-10-16)11-12-19(18-17)15-7-3-1-4-8-15/h1-12,14H,13H2,(H,18,20). The lowest BCUT2D eigenvalue weighted by Crippen LogP contribution is -2.45. The molecule has 2 aromatic rings. The average Bonchev–Trinajstić information content (AvgIpc) is 2.55. The Kier molecular flexibility index (Phi) is 4.26. The molecule has 106 valence electrons. The number of hydrogen-bond acceptors (Lipinski definition) is 3. The van der Waals surface area contributed by atoms with E-state index < -0.39 is 0 Å². The number of amides is 1. The third kappa shape index (κ3) is 3.47. The van der Waals surface area contributed by atoms with Crippen LogP contribution in [0.2, 0.25) is 0 Å². The van der Waals surface area contributed by atoms with E-state index in [0.29, 0.717) is 0 Å². The molecule has 0 fully saturated rings. The maximum atomic E-state index is 12.2. The number of carbonyl (C=O) groups is 1. The van der Waals surface area contributed by atoms with Crippen molar-refractivity contribution in [3.05, 3.63) is 72.9 Å². The summed E-state index contributed by atoms with van der Waals surface area (Å²) in [5.74, 6) is 0.676. The Bertz CT molecular complexity index is 628. The van der Waals surface area contributed by atoms with E-state index in [-0.39, 0.29) is 11.8 Å². The first kappa shape index (κ1) is 13.8. The second kappa shape index (κ2) is 6.50. The van der Waals surface area contributed by atoms with Crippen LogP contribution in [-0.2, 0) is 4.79 Å². The van der Waals surface area contributed by atoms with E-state index in [1.165, 1.54) is 4.90 Å². The first-order chi connectivity index (χ1) is 10.3. The van der Waals surface area contributed by atoms with Crippen LogP contribution in [0, 0.1) is 5.92 Å². The lowest BCUT2D eigenvalue weighted by Gasteiger charge is -2.28. The van der Waals surface area contributed by atoms with Crippen molar-refractivity contribution in [2.45, 2.75) is 4.90 Å². The number of hydrazine groups is 1. The third-order valence-corrected chi connectivity index (χ3v) is 4.37. The molecule has 21 heavy (non-hydrogen) atoms. The summed E-state index contributed by atoms with van der Waals surface area (Å²) in [4.78, 5) is 13.4. The Hall–Kier alpha value is -2.20. The van der Waals surface area contributed by atoms with Crippen LogP contribution in [0.1, 0.15) is 0 Å². The summed E-state index contributed by atoms with van der Waals surface area (Å²) in [6, 6.07) is 19.9. The number of anilines is 1. The number of nitrogens with zero attached hydrogens (tertiary/aromatic N) is 1. The molecule has 0 spiro atoms. The zero-order valence-corrected chi connectivity index (χ0v) is 12.3. The molecule has 0 saturated carbocycles. The minimum atomic E-state index is -0.102. The van der Waals surface area contributed by atoms with E-state index in [0.717, 1.165) is 11.4 Å². The lowest BCUT2D eigenvalue weighted by atomic mass is 10.1. The zero-order valence-electron chi connectivity index (χ0n) is 11.5. The summed E-state index contributed by atoms with van der Waals surface area (Å²) >= 11 is 1.70. The van der Waals surface area contributed by atoms with Gasteiger partial charge in [-0.3, -0.25) is 15.2 Å². The predicted molar refractivity (Wildman–Crippen MR) is 86.9 cm³/mol. The predicted octanol–water partition coefficient (Wildman–Crippen LogP) is 3.46. The molecule has 1 aliphatic heterocycles. The first-order valence-corrected chi connectivity index (χ1v) is 7.82. The van der Waals surface area contributed by atoms with Crippen molar-refractivity contribution in [1.82, 2.24) is 5.43 Å². The molecule has 0 aromatic heterocycles. The molecular weight excluding hydrogens is 280 g/mol. The van der Waals surface area contributed by atoms with Crippen molar-refractivity contribution >= 4 is 23.4 Å². The fourth-order valence-electron chi connectivity index (χ4n) is 2.09. The van der Waals surface area contributed by atoms with Crippen molar-refractivity contribution < 1.29 is 4.79 Å². The fourth-order valence-corrected chi connectivity index (χ4v) is 3.07. The molecule has 0 aliphatic carbocycles. The Morgan fingerprint density at radius 1 is 1.00 bits per heavy atom. The Balaban J connectivity index is 1.63. The third-order valence-electron chi connectivity index (χ3n) is 3.24. The van der Waals surface area contributed by atoms with Crippen LogP contribution in [0.3, 0.4) is 0 Å². The summed E-state index contributed by atoms with van der Waals surface area (Å²) < 4.78 is 0. The Morgan fingerprint density at radius 3 is 2.33 bits per heavy atom. The van der Waals surface area contributed by atoms with Crippen molar-refractivity contribution in [3.63, 3.8) is 0 Å². The van der Waals surface area contributed by atoms with Gasteiger partial charge in [-0.05, 0) is 24.3 Å². The van der Waals surface area contributed by atoms with Crippen LogP contribution in [0.5, 0.6) is 0 Å². The molecule has 1 heterocycles. The lowest BCUT2D eigenvalue weighted by molar-refractivity contribution is -0.123. The van der Waals surface area contributed by atoms with Crippen molar-refractivity contribution in [3.8, 4) is 0 Å². The summed E-state index contributed by atoms with van der Waals surface area (Å²) in [6.07, 6.45) is 3.88. The molecular formula is C17H16N2OS. The number of thioether (sulfide) groups is 1. The Labute approximate surface area is 128 Å². The largest absolute Gasteiger partial charge is 0.273 e. The van der Waals surface area contributed by atoms with Crippen LogP contribution in [0.15, 0.2) is 77.8 Å². The van der Waals surface area contributed by atoms with E-state index in [4.69, 9.17) is 0 Å². The van der Waals surface area contributed by atoms with Crippen LogP contribution in [0.4, 0.5) is 5.69 Å². The summed E-state index contributed by atoms with van der Waals surface area (Å²) in [5.41, 5.74) is 3.87. The van der Waals surface area contributed by atoms with Gasteiger partial charge in [-0.15, -0.1) is 11.8 Å². The summed E-state index contributed by atoms with van der Waals surface area (Å²) in [6.45, 7) is 0. The quantitative estimate of drug-likeness (QED) is 0.877. The normalized spacial score (nSPS) is 17.6.